The van der Waals surface area contributed by atoms with Crippen LogP contribution in [0.4, 0.5) is 0 Å². The van der Waals surface area contributed by atoms with Gasteiger partial charge >= 0.3 is 0 Å². The van der Waals surface area contributed by atoms with Crippen molar-refractivity contribution in [1.82, 2.24) is 14.5 Å². The summed E-state index contributed by atoms with van der Waals surface area (Å²) in [5.74, 6) is 1.12. The van der Waals surface area contributed by atoms with Gasteiger partial charge in [0.2, 0.25) is 5.91 Å². The Balaban J connectivity index is 1.62. The van der Waals surface area contributed by atoms with Crippen molar-refractivity contribution in [2.24, 2.45) is 12.8 Å². The fourth-order valence-corrected chi connectivity index (χ4v) is 5.37. The number of aliphatic hydroxyl groups excluding tert-OH is 1. The molecule has 0 bridgehead atoms. The number of nitrogens with zero attached hydrogens (tertiary/aromatic N) is 4. The van der Waals surface area contributed by atoms with Crippen LogP contribution in [-0.4, -0.2) is 45.2 Å². The summed E-state index contributed by atoms with van der Waals surface area (Å²) in [6.45, 7) is 3.40. The normalized spacial score (nSPS) is 18.6. The molecule has 1 aliphatic rings. The summed E-state index contributed by atoms with van der Waals surface area (Å²) in [7, 11) is 1.93. The first-order valence-electron chi connectivity index (χ1n) is 13.3. The Morgan fingerprint density at radius 2 is 2.11 bits per heavy atom. The van der Waals surface area contributed by atoms with Gasteiger partial charge in [0.15, 0.2) is 0 Å². The molecule has 0 saturated carbocycles. The van der Waals surface area contributed by atoms with Crippen LogP contribution < -0.4 is 10.5 Å². The van der Waals surface area contributed by atoms with Crippen molar-refractivity contribution >= 4 is 5.91 Å². The molecule has 1 aromatic heterocycles. The molecule has 1 saturated heterocycles. The lowest BCUT2D eigenvalue weighted by Crippen LogP contribution is -2.45. The van der Waals surface area contributed by atoms with Crippen molar-refractivity contribution in [3.05, 3.63) is 77.4 Å². The molecular weight excluding hydrogens is 478 g/mol. The first-order valence-corrected chi connectivity index (χ1v) is 13.3. The summed E-state index contributed by atoms with van der Waals surface area (Å²) >= 11 is 0. The van der Waals surface area contributed by atoms with E-state index >= 15 is 0 Å². The number of aliphatic hydroxyl groups is 1. The maximum atomic E-state index is 13.8. The number of amides is 1. The molecule has 2 unspecified atom stereocenters. The Labute approximate surface area is 224 Å². The lowest BCUT2D eigenvalue weighted by atomic mass is 9.73. The van der Waals surface area contributed by atoms with Crippen molar-refractivity contribution in [3.63, 3.8) is 0 Å². The van der Waals surface area contributed by atoms with Gasteiger partial charge in [-0.3, -0.25) is 4.79 Å². The van der Waals surface area contributed by atoms with Gasteiger partial charge in [0.05, 0.1) is 17.3 Å². The molecule has 3 aromatic rings. The Kier molecular flexibility index (Phi) is 8.82. The summed E-state index contributed by atoms with van der Waals surface area (Å²) in [6, 6.07) is 15.0. The number of likely N-dealkylation sites (tertiary alicyclic amines) is 1. The van der Waals surface area contributed by atoms with E-state index in [2.05, 4.69) is 18.0 Å². The van der Waals surface area contributed by atoms with Crippen LogP contribution in [0.15, 0.2) is 55.0 Å². The van der Waals surface area contributed by atoms with Gasteiger partial charge in [0, 0.05) is 51.1 Å². The molecule has 1 aliphatic heterocycles. The van der Waals surface area contributed by atoms with Crippen LogP contribution in [0.5, 0.6) is 11.5 Å². The second-order valence-corrected chi connectivity index (χ2v) is 10.1. The van der Waals surface area contributed by atoms with E-state index in [1.54, 1.807) is 18.6 Å². The maximum Gasteiger partial charge on any atom is 0.233 e. The van der Waals surface area contributed by atoms with E-state index in [0.717, 1.165) is 36.1 Å². The molecule has 38 heavy (non-hydrogen) atoms. The zero-order valence-electron chi connectivity index (χ0n) is 22.3. The van der Waals surface area contributed by atoms with Gasteiger partial charge in [-0.15, -0.1) is 0 Å². The first kappa shape index (κ1) is 27.4. The number of hydrogen-bond donors (Lipinski definition) is 2. The second-order valence-electron chi connectivity index (χ2n) is 10.1. The van der Waals surface area contributed by atoms with Crippen LogP contribution in [0.3, 0.4) is 0 Å². The number of nitriles is 1. The minimum atomic E-state index is -0.642. The van der Waals surface area contributed by atoms with Gasteiger partial charge in [-0.1, -0.05) is 31.5 Å². The van der Waals surface area contributed by atoms with Gasteiger partial charge in [0.1, 0.15) is 17.6 Å². The third-order valence-corrected chi connectivity index (χ3v) is 7.68. The number of imidazole rings is 1. The lowest BCUT2D eigenvalue weighted by Gasteiger charge is -2.35. The van der Waals surface area contributed by atoms with E-state index < -0.39 is 5.41 Å². The summed E-state index contributed by atoms with van der Waals surface area (Å²) in [4.78, 5) is 19.9. The molecule has 0 radical (unpaired) electrons. The Morgan fingerprint density at radius 3 is 2.82 bits per heavy atom. The summed E-state index contributed by atoms with van der Waals surface area (Å²) in [5.41, 5.74) is 9.07. The molecule has 2 aromatic carbocycles. The topological polar surface area (TPSA) is 117 Å². The number of carbonyl (C=O) groups excluding carboxylic acids is 1. The van der Waals surface area contributed by atoms with Crippen LogP contribution in [0, 0.1) is 11.3 Å². The highest BCUT2D eigenvalue weighted by Gasteiger charge is 2.42. The van der Waals surface area contributed by atoms with E-state index in [-0.39, 0.29) is 18.6 Å². The van der Waals surface area contributed by atoms with E-state index in [0.29, 0.717) is 49.4 Å². The summed E-state index contributed by atoms with van der Waals surface area (Å²) in [5, 5.41) is 19.1. The van der Waals surface area contributed by atoms with Gasteiger partial charge in [-0.05, 0) is 61.1 Å². The molecule has 0 aliphatic carbocycles. The number of aryl methyl sites for hydroxylation is 1. The van der Waals surface area contributed by atoms with Gasteiger partial charge < -0.3 is 25.0 Å². The Hall–Kier alpha value is -3.67. The van der Waals surface area contributed by atoms with Gasteiger partial charge in [0.25, 0.3) is 0 Å². The quantitative estimate of drug-likeness (QED) is 0.414. The molecule has 1 amide bonds. The second kappa shape index (κ2) is 12.2. The molecular formula is C30H37N5O3. The lowest BCUT2D eigenvalue weighted by molar-refractivity contribution is -0.137. The fraction of sp³-hybridized carbons (Fsp3) is 0.433. The molecule has 8 nitrogen and oxygen atoms in total. The summed E-state index contributed by atoms with van der Waals surface area (Å²) < 4.78 is 8.22. The Bertz CT molecular complexity index is 1300. The summed E-state index contributed by atoms with van der Waals surface area (Å²) in [6.07, 6.45) is 8.07. The van der Waals surface area contributed by atoms with Crippen molar-refractivity contribution in [3.8, 4) is 17.6 Å². The number of rotatable bonds is 10. The highest BCUT2D eigenvalue weighted by atomic mass is 16.5. The number of hydrogen-bond acceptors (Lipinski definition) is 6. The zero-order chi connectivity index (χ0) is 27.1. The third-order valence-electron chi connectivity index (χ3n) is 7.68. The van der Waals surface area contributed by atoms with E-state index in [1.165, 1.54) is 0 Å². The van der Waals surface area contributed by atoms with E-state index in [4.69, 9.17) is 10.5 Å². The van der Waals surface area contributed by atoms with Crippen molar-refractivity contribution in [2.75, 3.05) is 19.7 Å². The maximum absolute atomic E-state index is 13.8. The van der Waals surface area contributed by atoms with E-state index in [9.17, 15) is 15.2 Å². The van der Waals surface area contributed by atoms with Crippen molar-refractivity contribution in [2.45, 2.75) is 56.9 Å². The van der Waals surface area contributed by atoms with E-state index in [1.807, 2.05) is 52.9 Å². The van der Waals surface area contributed by atoms with Crippen LogP contribution in [0.1, 0.15) is 67.5 Å². The number of carbonyl (C=O) groups is 1. The van der Waals surface area contributed by atoms with Crippen molar-refractivity contribution in [1.29, 1.82) is 5.26 Å². The van der Waals surface area contributed by atoms with Crippen LogP contribution in [0.25, 0.3) is 0 Å². The smallest absolute Gasteiger partial charge is 0.233 e. The Morgan fingerprint density at radius 1 is 1.26 bits per heavy atom. The third kappa shape index (κ3) is 5.74. The van der Waals surface area contributed by atoms with Gasteiger partial charge in [-0.25, -0.2) is 4.98 Å². The molecule has 2 atom stereocenters. The van der Waals surface area contributed by atoms with Crippen molar-refractivity contribution < 1.29 is 14.6 Å². The predicted octanol–water partition coefficient (Wildman–Crippen LogP) is 4.37. The monoisotopic (exact) mass is 515 g/mol. The molecule has 8 heteroatoms. The average Bonchev–Trinajstić information content (AvgIpc) is 3.26. The minimum Gasteiger partial charge on any atom is -0.456 e. The molecule has 0 spiro atoms. The van der Waals surface area contributed by atoms with Crippen LogP contribution >= 0.6 is 0 Å². The number of nitrogens with two attached hydrogens (primary N) is 1. The fourth-order valence-electron chi connectivity index (χ4n) is 5.37. The average molecular weight is 516 g/mol. The highest BCUT2D eigenvalue weighted by molar-refractivity contribution is 5.88. The largest absolute Gasteiger partial charge is 0.456 e. The van der Waals surface area contributed by atoms with Crippen LogP contribution in [-0.2, 0) is 23.7 Å². The number of aromatic nitrogens is 2. The standard InChI is InChI=1S/C30H37N5O3/c1-3-30(12-4-5-13-35(29(30)37)14-7-15-36)24-8-6-9-26(17-24)38-28-16-22(10-11-23(28)19-31)27(32)18-25-20-33-21-34(25)2/h6,8-11,16-17,20-21,27,36H,3-5,7,12-15,18,32H2,1-2H3. The molecule has 4 rings (SSSR count). The minimum absolute atomic E-state index is 0.0677. The molecule has 200 valence electrons. The predicted molar refractivity (Wildman–Crippen MR) is 146 cm³/mol. The highest BCUT2D eigenvalue weighted by Crippen LogP contribution is 2.40. The zero-order valence-corrected chi connectivity index (χ0v) is 22.3. The molecule has 3 N–H and O–H groups in total. The number of ether oxygens (including phenoxy) is 1. The molecule has 1 fully saturated rings. The first-order chi connectivity index (χ1) is 18.4. The SMILES string of the molecule is CCC1(c2cccc(Oc3cc(C(N)Cc4cncn4C)ccc3C#N)c2)CCCCN(CCCO)C1=O. The number of benzene rings is 2. The van der Waals surface area contributed by atoms with Gasteiger partial charge in [-0.2, -0.15) is 5.26 Å². The molecule has 2 heterocycles. The van der Waals surface area contributed by atoms with Crippen LogP contribution in [0.2, 0.25) is 0 Å².